The van der Waals surface area contributed by atoms with Crippen LogP contribution in [0.1, 0.15) is 63.1 Å². The first-order valence-electron chi connectivity index (χ1n) is 10.0. The summed E-state index contributed by atoms with van der Waals surface area (Å²) >= 11 is 0. The van der Waals surface area contributed by atoms with Gasteiger partial charge in [0.2, 0.25) is 5.78 Å². The summed E-state index contributed by atoms with van der Waals surface area (Å²) in [6, 6.07) is 14.6. The van der Waals surface area contributed by atoms with E-state index in [1.807, 2.05) is 38.1 Å². The average Bonchev–Trinajstić information content (AvgIpc) is 3.00. The highest BCUT2D eigenvalue weighted by Gasteiger charge is 2.47. The topological polar surface area (TPSA) is 60.4 Å². The van der Waals surface area contributed by atoms with Crippen LogP contribution in [-0.2, 0) is 19.4 Å². The standard InChI is InChI=1S/C24H28O4S/c1-6-24(7-2)23(25)21(18-10-8-17(9-11-18)16(3)4)22(28-24)19-12-14-20(15-13-19)29(5,26)27/h8-16H,6-7H2,1-5H3. The van der Waals surface area contributed by atoms with E-state index in [-0.39, 0.29) is 10.7 Å². The maximum atomic E-state index is 13.4. The molecule has 4 nitrogen and oxygen atoms in total. The van der Waals surface area contributed by atoms with Crippen LogP contribution in [0.25, 0.3) is 11.3 Å². The highest BCUT2D eigenvalue weighted by Crippen LogP contribution is 2.44. The molecule has 3 rings (SSSR count). The number of hydrogen-bond acceptors (Lipinski definition) is 4. The molecule has 0 N–H and O–H groups in total. The van der Waals surface area contributed by atoms with Gasteiger partial charge in [-0.3, -0.25) is 4.79 Å². The summed E-state index contributed by atoms with van der Waals surface area (Å²) in [5.41, 5.74) is 2.42. The van der Waals surface area contributed by atoms with Crippen molar-refractivity contribution in [1.82, 2.24) is 0 Å². The van der Waals surface area contributed by atoms with Gasteiger partial charge in [-0.15, -0.1) is 0 Å². The van der Waals surface area contributed by atoms with Gasteiger partial charge in [0.05, 0.1) is 10.5 Å². The third-order valence-corrected chi connectivity index (χ3v) is 6.85. The lowest BCUT2D eigenvalue weighted by Gasteiger charge is -2.25. The van der Waals surface area contributed by atoms with Crippen LogP contribution >= 0.6 is 0 Å². The van der Waals surface area contributed by atoms with E-state index in [4.69, 9.17) is 4.74 Å². The molecule has 1 heterocycles. The van der Waals surface area contributed by atoms with Crippen molar-refractivity contribution in [3.05, 3.63) is 65.2 Å². The molecule has 1 aliphatic rings. The van der Waals surface area contributed by atoms with Crippen LogP contribution in [0.5, 0.6) is 0 Å². The smallest absolute Gasteiger partial charge is 0.210 e. The number of carbonyl (C=O) groups excluding carboxylic acids is 1. The van der Waals surface area contributed by atoms with E-state index in [1.54, 1.807) is 24.3 Å². The minimum absolute atomic E-state index is 0.0120. The van der Waals surface area contributed by atoms with E-state index < -0.39 is 15.4 Å². The molecule has 29 heavy (non-hydrogen) atoms. The van der Waals surface area contributed by atoms with Gasteiger partial charge in [0.15, 0.2) is 15.4 Å². The van der Waals surface area contributed by atoms with Crippen molar-refractivity contribution in [2.75, 3.05) is 6.26 Å². The molecule has 0 aromatic heterocycles. The molecule has 1 aliphatic heterocycles. The molecule has 0 bridgehead atoms. The van der Waals surface area contributed by atoms with E-state index in [9.17, 15) is 13.2 Å². The quantitative estimate of drug-likeness (QED) is 0.651. The van der Waals surface area contributed by atoms with Crippen LogP contribution in [0.3, 0.4) is 0 Å². The first-order chi connectivity index (χ1) is 13.6. The summed E-state index contributed by atoms with van der Waals surface area (Å²) < 4.78 is 29.9. The van der Waals surface area contributed by atoms with Gasteiger partial charge in [0.25, 0.3) is 0 Å². The molecule has 0 atom stereocenters. The van der Waals surface area contributed by atoms with Crippen molar-refractivity contribution >= 4 is 27.0 Å². The van der Waals surface area contributed by atoms with E-state index in [0.29, 0.717) is 35.7 Å². The fraction of sp³-hybridized carbons (Fsp3) is 0.375. The lowest BCUT2D eigenvalue weighted by Crippen LogP contribution is -2.35. The molecule has 0 saturated heterocycles. The van der Waals surface area contributed by atoms with E-state index in [1.165, 1.54) is 11.8 Å². The molecule has 154 valence electrons. The molecule has 0 unspecified atom stereocenters. The highest BCUT2D eigenvalue weighted by atomic mass is 32.2. The Kier molecular flexibility index (Phi) is 5.72. The van der Waals surface area contributed by atoms with Gasteiger partial charge in [-0.25, -0.2) is 8.42 Å². The van der Waals surface area contributed by atoms with Gasteiger partial charge in [-0.2, -0.15) is 0 Å². The maximum Gasteiger partial charge on any atom is 0.210 e. The van der Waals surface area contributed by atoms with E-state index >= 15 is 0 Å². The zero-order valence-corrected chi connectivity index (χ0v) is 18.5. The second-order valence-electron chi connectivity index (χ2n) is 7.91. The highest BCUT2D eigenvalue weighted by molar-refractivity contribution is 7.90. The van der Waals surface area contributed by atoms with Crippen LogP contribution in [0.2, 0.25) is 0 Å². The number of carbonyl (C=O) groups is 1. The molecule has 0 aliphatic carbocycles. The SMILES string of the molecule is CCC1(CC)OC(c2ccc(S(C)(=O)=O)cc2)=C(c2ccc(C(C)C)cc2)C1=O. The summed E-state index contributed by atoms with van der Waals surface area (Å²) in [6.45, 7) is 8.17. The van der Waals surface area contributed by atoms with Crippen molar-refractivity contribution in [2.24, 2.45) is 0 Å². The molecule has 2 aromatic rings. The van der Waals surface area contributed by atoms with Gasteiger partial charge in [0.1, 0.15) is 5.76 Å². The van der Waals surface area contributed by atoms with Crippen molar-refractivity contribution in [2.45, 2.75) is 57.0 Å². The average molecular weight is 413 g/mol. The fourth-order valence-corrected chi connectivity index (χ4v) is 4.32. The van der Waals surface area contributed by atoms with E-state index in [2.05, 4.69) is 13.8 Å². The van der Waals surface area contributed by atoms with Crippen LogP contribution in [0.15, 0.2) is 53.4 Å². The molecule has 0 spiro atoms. The molecule has 0 amide bonds. The number of ketones is 1. The molecular formula is C24H28O4S. The Bertz CT molecular complexity index is 1040. The Morgan fingerprint density at radius 1 is 0.897 bits per heavy atom. The predicted octanol–water partition coefficient (Wildman–Crippen LogP) is 5.24. The van der Waals surface area contributed by atoms with Gasteiger partial charge in [-0.05, 0) is 54.2 Å². The molecule has 0 saturated carbocycles. The number of hydrogen-bond donors (Lipinski definition) is 0. The lowest BCUT2D eigenvalue weighted by molar-refractivity contribution is -0.128. The van der Waals surface area contributed by atoms with Crippen molar-refractivity contribution in [3.8, 4) is 0 Å². The second-order valence-corrected chi connectivity index (χ2v) is 9.93. The van der Waals surface area contributed by atoms with Crippen LogP contribution in [0, 0.1) is 0 Å². The Balaban J connectivity index is 2.15. The van der Waals surface area contributed by atoms with Crippen molar-refractivity contribution in [1.29, 1.82) is 0 Å². The summed E-state index contributed by atoms with van der Waals surface area (Å²) in [5.74, 6) is 0.917. The van der Waals surface area contributed by atoms with Crippen molar-refractivity contribution < 1.29 is 17.9 Å². The zero-order valence-electron chi connectivity index (χ0n) is 17.7. The molecular weight excluding hydrogens is 384 g/mol. The Morgan fingerprint density at radius 2 is 1.41 bits per heavy atom. The third-order valence-electron chi connectivity index (χ3n) is 5.72. The van der Waals surface area contributed by atoms with Gasteiger partial charge >= 0.3 is 0 Å². The summed E-state index contributed by atoms with van der Waals surface area (Å²) in [7, 11) is -3.29. The van der Waals surface area contributed by atoms with Crippen molar-refractivity contribution in [3.63, 3.8) is 0 Å². The van der Waals surface area contributed by atoms with Gasteiger partial charge < -0.3 is 4.74 Å². The lowest BCUT2D eigenvalue weighted by atomic mass is 9.86. The monoisotopic (exact) mass is 412 g/mol. The Morgan fingerprint density at radius 3 is 1.86 bits per heavy atom. The first-order valence-corrected chi connectivity index (χ1v) is 11.9. The fourth-order valence-electron chi connectivity index (χ4n) is 3.69. The Hall–Kier alpha value is -2.40. The summed E-state index contributed by atoms with van der Waals surface area (Å²) in [5, 5.41) is 0. The number of benzene rings is 2. The van der Waals surface area contributed by atoms with E-state index in [0.717, 1.165) is 5.56 Å². The number of rotatable bonds is 6. The molecule has 0 radical (unpaired) electrons. The van der Waals surface area contributed by atoms with Crippen LogP contribution in [0.4, 0.5) is 0 Å². The minimum Gasteiger partial charge on any atom is -0.478 e. The summed E-state index contributed by atoms with van der Waals surface area (Å²) in [6.07, 6.45) is 2.32. The molecule has 0 fully saturated rings. The van der Waals surface area contributed by atoms with Crippen LogP contribution < -0.4 is 0 Å². The second kappa shape index (κ2) is 7.79. The number of ether oxygens (including phenoxy) is 1. The third kappa shape index (κ3) is 3.88. The maximum absolute atomic E-state index is 13.4. The number of sulfone groups is 1. The minimum atomic E-state index is -3.29. The first kappa shape index (κ1) is 21.3. The molecule has 5 heteroatoms. The normalized spacial score (nSPS) is 16.4. The summed E-state index contributed by atoms with van der Waals surface area (Å²) in [4.78, 5) is 13.7. The number of Topliss-reactive ketones (excluding diaryl/α,β-unsaturated/α-hetero) is 1. The van der Waals surface area contributed by atoms with Gasteiger partial charge in [0, 0.05) is 11.8 Å². The molecule has 2 aromatic carbocycles. The zero-order chi connectivity index (χ0) is 21.4. The Labute approximate surface area is 173 Å². The van der Waals surface area contributed by atoms with Gasteiger partial charge in [-0.1, -0.05) is 52.0 Å². The van der Waals surface area contributed by atoms with Crippen LogP contribution in [-0.4, -0.2) is 26.1 Å². The predicted molar refractivity (Wildman–Crippen MR) is 116 cm³/mol. The largest absolute Gasteiger partial charge is 0.478 e.